The summed E-state index contributed by atoms with van der Waals surface area (Å²) < 4.78 is 0. The second kappa shape index (κ2) is 4.57. The predicted molar refractivity (Wildman–Crippen MR) is 80.6 cm³/mol. The van der Waals surface area contributed by atoms with E-state index in [1.54, 1.807) is 0 Å². The number of carbonyl (C=O) groups excluding carboxylic acids is 2. The lowest BCUT2D eigenvalue weighted by atomic mass is 9.48. The van der Waals surface area contributed by atoms with Crippen LogP contribution in [0.25, 0.3) is 0 Å². The molecule has 0 aromatic heterocycles. The number of rotatable bonds is 1. The molecular weight excluding hydrogens is 263 g/mol. The van der Waals surface area contributed by atoms with Crippen molar-refractivity contribution in [2.45, 2.75) is 70.8 Å². The van der Waals surface area contributed by atoms with E-state index in [9.17, 15) is 9.59 Å². The van der Waals surface area contributed by atoms with Crippen LogP contribution in [0.5, 0.6) is 0 Å². The number of hydrogen-bond donors (Lipinski definition) is 1. The molecule has 1 aliphatic heterocycles. The summed E-state index contributed by atoms with van der Waals surface area (Å²) in [5, 5.41) is 3.27. The highest BCUT2D eigenvalue weighted by molar-refractivity contribution is 5.77. The van der Waals surface area contributed by atoms with Crippen LogP contribution in [-0.2, 0) is 9.59 Å². The molecule has 21 heavy (non-hydrogen) atoms. The first-order valence-electron chi connectivity index (χ1n) is 8.85. The van der Waals surface area contributed by atoms with Gasteiger partial charge in [-0.1, -0.05) is 13.3 Å². The molecule has 1 heterocycles. The van der Waals surface area contributed by atoms with E-state index in [0.717, 1.165) is 31.6 Å². The van der Waals surface area contributed by atoms with E-state index in [1.165, 1.54) is 32.0 Å². The summed E-state index contributed by atoms with van der Waals surface area (Å²) in [5.74, 6) is 2.31. The third-order valence-corrected chi connectivity index (χ3v) is 7.74. The second-order valence-electron chi connectivity index (χ2n) is 8.36. The summed E-state index contributed by atoms with van der Waals surface area (Å²) in [6.07, 6.45) is 11.3. The number of hydrogen-bond acceptors (Lipinski definition) is 2. The van der Waals surface area contributed by atoms with Crippen molar-refractivity contribution in [1.29, 1.82) is 0 Å². The summed E-state index contributed by atoms with van der Waals surface area (Å²) >= 11 is 0. The first-order valence-corrected chi connectivity index (χ1v) is 8.85. The van der Waals surface area contributed by atoms with Crippen molar-refractivity contribution in [3.05, 3.63) is 0 Å². The molecule has 1 amide bonds. The highest BCUT2D eigenvalue weighted by atomic mass is 17.1. The van der Waals surface area contributed by atoms with Gasteiger partial charge in [0.2, 0.25) is 5.91 Å². The van der Waals surface area contributed by atoms with E-state index < -0.39 is 0 Å². The molecule has 3 heteroatoms. The maximum Gasteiger partial charge on any atom is 0.220 e. The van der Waals surface area contributed by atoms with Crippen LogP contribution in [0.15, 0.2) is 0 Å². The molecule has 0 aromatic rings. The van der Waals surface area contributed by atoms with E-state index in [1.807, 2.05) is 0 Å². The first kappa shape index (κ1) is 13.8. The van der Waals surface area contributed by atoms with Crippen molar-refractivity contribution in [2.24, 2.45) is 28.6 Å². The highest BCUT2D eigenvalue weighted by Crippen LogP contribution is 2.63. The van der Waals surface area contributed by atoms with Gasteiger partial charge in [0.1, 0.15) is 6.29 Å². The first-order chi connectivity index (χ1) is 10.1. The number of fused-ring (bicyclic) bond motifs is 5. The Labute approximate surface area is 127 Å². The van der Waals surface area contributed by atoms with Crippen LogP contribution in [0.3, 0.4) is 0 Å². The minimum Gasteiger partial charge on any atom is -0.353 e. The van der Waals surface area contributed by atoms with Crippen LogP contribution >= 0.6 is 0 Å². The Kier molecular flexibility index (Phi) is 3.00. The number of carbonyl (C=O) groups is 2. The Morgan fingerprint density at radius 2 is 2.00 bits per heavy atom. The predicted octanol–water partition coefficient (Wildman–Crippen LogP) is 3.08. The molecule has 4 aliphatic rings. The second-order valence-corrected chi connectivity index (χ2v) is 8.36. The Hall–Kier alpha value is -0.860. The molecule has 1 N–H and O–H groups in total. The van der Waals surface area contributed by atoms with Crippen LogP contribution < -0.4 is 5.32 Å². The average molecular weight is 290 g/mol. The summed E-state index contributed by atoms with van der Waals surface area (Å²) in [6.45, 7) is 2.41. The lowest BCUT2D eigenvalue weighted by molar-refractivity contribution is -0.139. The molecular formula is C18H27NO2. The van der Waals surface area contributed by atoms with Crippen molar-refractivity contribution in [1.82, 2.24) is 5.32 Å². The zero-order chi connectivity index (χ0) is 14.7. The van der Waals surface area contributed by atoms with Crippen molar-refractivity contribution in [3.63, 3.8) is 0 Å². The van der Waals surface area contributed by atoms with Gasteiger partial charge in [0, 0.05) is 17.9 Å². The van der Waals surface area contributed by atoms with E-state index >= 15 is 0 Å². The molecule has 4 rings (SSSR count). The minimum atomic E-state index is 0.0161. The van der Waals surface area contributed by atoms with Gasteiger partial charge in [-0.05, 0) is 68.1 Å². The monoisotopic (exact) mass is 290 g/mol. The maximum absolute atomic E-state index is 11.8. The lowest BCUT2D eigenvalue weighted by Gasteiger charge is -2.59. The maximum atomic E-state index is 11.8. The average Bonchev–Trinajstić information content (AvgIpc) is 2.92. The topological polar surface area (TPSA) is 46.2 Å². The van der Waals surface area contributed by atoms with Gasteiger partial charge in [0.15, 0.2) is 0 Å². The molecule has 0 aromatic carbocycles. The van der Waals surface area contributed by atoms with Gasteiger partial charge in [-0.2, -0.15) is 0 Å². The molecule has 0 radical (unpaired) electrons. The van der Waals surface area contributed by atoms with Crippen LogP contribution in [-0.4, -0.2) is 18.2 Å². The number of amides is 1. The fourth-order valence-corrected chi connectivity index (χ4v) is 6.61. The van der Waals surface area contributed by atoms with E-state index in [4.69, 9.17) is 0 Å². The van der Waals surface area contributed by atoms with E-state index in [-0.39, 0.29) is 16.7 Å². The summed E-state index contributed by atoms with van der Waals surface area (Å²) in [4.78, 5) is 23.5. The third-order valence-electron chi connectivity index (χ3n) is 7.74. The van der Waals surface area contributed by atoms with Gasteiger partial charge >= 0.3 is 0 Å². The Bertz CT molecular complexity index is 476. The van der Waals surface area contributed by atoms with Crippen molar-refractivity contribution >= 4 is 12.2 Å². The van der Waals surface area contributed by atoms with Gasteiger partial charge in [0.25, 0.3) is 0 Å². The molecule has 0 bridgehead atoms. The van der Waals surface area contributed by atoms with Crippen LogP contribution in [0.2, 0.25) is 0 Å². The fourth-order valence-electron chi connectivity index (χ4n) is 6.61. The Morgan fingerprint density at radius 3 is 2.81 bits per heavy atom. The summed E-state index contributed by atoms with van der Waals surface area (Å²) in [7, 11) is 0. The fraction of sp³-hybridized carbons (Fsp3) is 0.889. The van der Waals surface area contributed by atoms with E-state index in [2.05, 4.69) is 12.2 Å². The largest absolute Gasteiger partial charge is 0.353 e. The van der Waals surface area contributed by atoms with Gasteiger partial charge < -0.3 is 10.1 Å². The normalized spacial score (nSPS) is 52.3. The van der Waals surface area contributed by atoms with Gasteiger partial charge in [-0.25, -0.2) is 0 Å². The Morgan fingerprint density at radius 1 is 1.14 bits per heavy atom. The quantitative estimate of drug-likeness (QED) is 0.754. The van der Waals surface area contributed by atoms with Crippen LogP contribution in [0, 0.1) is 28.6 Å². The third kappa shape index (κ3) is 1.78. The minimum absolute atomic E-state index is 0.0161. The highest BCUT2D eigenvalue weighted by Gasteiger charge is 2.59. The van der Waals surface area contributed by atoms with Gasteiger partial charge in [-0.15, -0.1) is 0 Å². The van der Waals surface area contributed by atoms with Gasteiger partial charge in [-0.3, -0.25) is 4.79 Å². The number of nitrogens with one attached hydrogen (secondary N) is 1. The molecule has 3 aliphatic carbocycles. The van der Waals surface area contributed by atoms with Crippen molar-refractivity contribution in [3.8, 4) is 0 Å². The van der Waals surface area contributed by atoms with Gasteiger partial charge in [0.05, 0.1) is 0 Å². The lowest BCUT2D eigenvalue weighted by Crippen LogP contribution is -2.61. The molecule has 0 unspecified atom stereocenters. The standard InChI is InChI=1S/C18H27NO2/c1-17-9-7-16(21)19-15(17)5-4-12-13(17)6-10-18(11-20)8-2-3-14(12)18/h11-15H,2-10H2,1H3,(H,19,21)/t12-,13+,14+,15-,17-,18+/m1/s1/i21+1. The zero-order valence-electron chi connectivity index (χ0n) is 13.1. The molecule has 3 saturated carbocycles. The van der Waals surface area contributed by atoms with Crippen molar-refractivity contribution in [2.75, 3.05) is 0 Å². The number of aldehydes is 1. The summed E-state index contributed by atoms with van der Waals surface area (Å²) in [6, 6.07) is 0.380. The molecule has 3 nitrogen and oxygen atoms in total. The molecule has 6 atom stereocenters. The Balaban J connectivity index is 1.65. The zero-order valence-corrected chi connectivity index (χ0v) is 13.1. The molecule has 0 spiro atoms. The SMILES string of the molecule is C[C@]12CCC(=[17O])N[C@@H]1CC[C@H]1[C@@H]3CCC[C@@]3(C=O)CC[C@@H]12. The number of piperidine rings is 1. The van der Waals surface area contributed by atoms with Crippen LogP contribution in [0.4, 0.5) is 0 Å². The molecule has 1 saturated heterocycles. The molecule has 4 fully saturated rings. The smallest absolute Gasteiger partial charge is 0.220 e. The molecule has 116 valence electrons. The van der Waals surface area contributed by atoms with Crippen LogP contribution in [0.1, 0.15) is 64.7 Å². The summed E-state index contributed by atoms with van der Waals surface area (Å²) in [5.41, 5.74) is 0.288. The van der Waals surface area contributed by atoms with Crippen molar-refractivity contribution < 1.29 is 9.59 Å². The van der Waals surface area contributed by atoms with E-state index in [0.29, 0.717) is 24.3 Å².